The number of hydrogen-bond donors (Lipinski definition) is 1. The van der Waals surface area contributed by atoms with Crippen LogP contribution >= 0.6 is 15.9 Å². The third-order valence-electron chi connectivity index (χ3n) is 0.565. The lowest BCUT2D eigenvalue weighted by molar-refractivity contribution is -0.116. The average molecular weight is 178 g/mol. The summed E-state index contributed by atoms with van der Waals surface area (Å²) >= 11 is 2.98. The number of hydrogen-bond acceptors (Lipinski definition) is 1. The minimum Gasteiger partial charge on any atom is -0.353 e. The van der Waals surface area contributed by atoms with E-state index in [1.807, 2.05) is 6.92 Å². The minimum atomic E-state index is -0.0654. The van der Waals surface area contributed by atoms with Gasteiger partial charge in [0.05, 0.1) is 0 Å². The van der Waals surface area contributed by atoms with Gasteiger partial charge in [0, 0.05) is 12.6 Å². The summed E-state index contributed by atoms with van der Waals surface area (Å²) in [5.41, 5.74) is 0. The van der Waals surface area contributed by atoms with Crippen molar-refractivity contribution in [1.29, 1.82) is 0 Å². The van der Waals surface area contributed by atoms with E-state index in [0.29, 0.717) is 6.54 Å². The Morgan fingerprint density at radius 2 is 2.50 bits per heavy atom. The average Bonchev–Trinajstić information content (AvgIpc) is 1.68. The predicted octanol–water partition coefficient (Wildman–Crippen LogP) is 1.03. The van der Waals surface area contributed by atoms with Crippen LogP contribution in [0.25, 0.3) is 0 Å². The van der Waals surface area contributed by atoms with Gasteiger partial charge in [-0.3, -0.25) is 4.79 Å². The standard InChI is InChI=1S/C5H8BrNO/c1-2-7-5(8)3-4-6/h3-4H,2H2,1H3,(H,7,8)/b4-3+. The maximum Gasteiger partial charge on any atom is 0.244 e. The molecule has 2 nitrogen and oxygen atoms in total. The van der Waals surface area contributed by atoms with Crippen molar-refractivity contribution < 1.29 is 4.79 Å². The van der Waals surface area contributed by atoms with Crippen molar-refractivity contribution in [2.75, 3.05) is 6.54 Å². The summed E-state index contributed by atoms with van der Waals surface area (Å²) in [5.74, 6) is -0.0654. The van der Waals surface area contributed by atoms with Gasteiger partial charge in [0.2, 0.25) is 5.91 Å². The molecule has 0 aromatic heterocycles. The Morgan fingerprint density at radius 3 is 2.88 bits per heavy atom. The molecule has 0 fully saturated rings. The highest BCUT2D eigenvalue weighted by Gasteiger charge is 1.86. The van der Waals surface area contributed by atoms with Gasteiger partial charge in [-0.25, -0.2) is 0 Å². The van der Waals surface area contributed by atoms with E-state index in [2.05, 4.69) is 21.2 Å². The van der Waals surface area contributed by atoms with Gasteiger partial charge in [-0.15, -0.1) is 0 Å². The molecule has 0 spiro atoms. The SMILES string of the molecule is CCNC(=O)/C=C/Br. The molecule has 0 aromatic carbocycles. The Kier molecular flexibility index (Phi) is 4.65. The molecule has 0 saturated carbocycles. The Morgan fingerprint density at radius 1 is 1.88 bits per heavy atom. The van der Waals surface area contributed by atoms with Gasteiger partial charge in [0.15, 0.2) is 0 Å². The van der Waals surface area contributed by atoms with E-state index in [-0.39, 0.29) is 5.91 Å². The lowest BCUT2D eigenvalue weighted by Crippen LogP contribution is -2.19. The van der Waals surface area contributed by atoms with Gasteiger partial charge in [-0.05, 0) is 11.9 Å². The molecular weight excluding hydrogens is 170 g/mol. The van der Waals surface area contributed by atoms with E-state index in [1.165, 1.54) is 11.1 Å². The number of halogens is 1. The van der Waals surface area contributed by atoms with Crippen LogP contribution in [0.15, 0.2) is 11.1 Å². The lowest BCUT2D eigenvalue weighted by Gasteiger charge is -1.91. The first-order valence-corrected chi connectivity index (χ1v) is 3.27. The highest BCUT2D eigenvalue weighted by molar-refractivity contribution is 9.11. The highest BCUT2D eigenvalue weighted by Crippen LogP contribution is 1.80. The molecule has 46 valence electrons. The first kappa shape index (κ1) is 7.69. The number of likely N-dealkylation sites (N-methyl/N-ethyl adjacent to an activating group) is 1. The van der Waals surface area contributed by atoms with E-state index < -0.39 is 0 Å². The monoisotopic (exact) mass is 177 g/mol. The Labute approximate surface area is 57.1 Å². The largest absolute Gasteiger partial charge is 0.353 e. The van der Waals surface area contributed by atoms with E-state index in [1.54, 1.807) is 0 Å². The Hall–Kier alpha value is -0.310. The van der Waals surface area contributed by atoms with Crippen molar-refractivity contribution in [3.8, 4) is 0 Å². The van der Waals surface area contributed by atoms with Crippen molar-refractivity contribution >= 4 is 21.8 Å². The van der Waals surface area contributed by atoms with Crippen LogP contribution in [-0.2, 0) is 4.79 Å². The quantitative estimate of drug-likeness (QED) is 0.628. The van der Waals surface area contributed by atoms with Crippen molar-refractivity contribution in [3.05, 3.63) is 11.1 Å². The summed E-state index contributed by atoms with van der Waals surface area (Å²) in [6.07, 6.45) is 1.42. The number of carbonyl (C=O) groups is 1. The smallest absolute Gasteiger partial charge is 0.244 e. The lowest BCUT2D eigenvalue weighted by atomic mass is 10.6. The second-order valence-electron chi connectivity index (χ2n) is 1.19. The topological polar surface area (TPSA) is 29.1 Å². The summed E-state index contributed by atoms with van der Waals surface area (Å²) in [6, 6.07) is 0. The maximum absolute atomic E-state index is 10.4. The van der Waals surface area contributed by atoms with Crippen molar-refractivity contribution in [2.24, 2.45) is 0 Å². The molecular formula is C5H8BrNO. The summed E-state index contributed by atoms with van der Waals surface area (Å²) < 4.78 is 0. The predicted molar refractivity (Wildman–Crippen MR) is 36.8 cm³/mol. The molecule has 0 aliphatic rings. The molecule has 0 aliphatic carbocycles. The highest BCUT2D eigenvalue weighted by atomic mass is 79.9. The molecule has 0 radical (unpaired) electrons. The van der Waals surface area contributed by atoms with Gasteiger partial charge in [0.1, 0.15) is 0 Å². The van der Waals surface area contributed by atoms with Crippen LogP contribution in [0.4, 0.5) is 0 Å². The second-order valence-corrected chi connectivity index (χ2v) is 1.72. The van der Waals surface area contributed by atoms with E-state index in [4.69, 9.17) is 0 Å². The molecule has 0 aromatic rings. The first-order valence-electron chi connectivity index (χ1n) is 2.36. The molecule has 0 aliphatic heterocycles. The van der Waals surface area contributed by atoms with Crippen LogP contribution in [0.3, 0.4) is 0 Å². The van der Waals surface area contributed by atoms with E-state index in [9.17, 15) is 4.79 Å². The maximum atomic E-state index is 10.4. The molecule has 8 heavy (non-hydrogen) atoms. The molecule has 0 heterocycles. The van der Waals surface area contributed by atoms with Crippen molar-refractivity contribution in [3.63, 3.8) is 0 Å². The summed E-state index contributed by atoms with van der Waals surface area (Å²) in [4.78, 5) is 11.9. The Bertz CT molecular complexity index is 101. The normalized spacial score (nSPS) is 9.75. The second kappa shape index (κ2) is 4.84. The zero-order valence-corrected chi connectivity index (χ0v) is 6.23. The number of carbonyl (C=O) groups excluding carboxylic acids is 1. The van der Waals surface area contributed by atoms with Gasteiger partial charge in [-0.1, -0.05) is 15.9 Å². The van der Waals surface area contributed by atoms with Gasteiger partial charge < -0.3 is 5.32 Å². The molecule has 0 atom stereocenters. The molecule has 0 unspecified atom stereocenters. The molecule has 1 amide bonds. The Balaban J connectivity index is 3.33. The van der Waals surface area contributed by atoms with Crippen molar-refractivity contribution in [1.82, 2.24) is 5.32 Å². The zero-order valence-electron chi connectivity index (χ0n) is 4.65. The first-order chi connectivity index (χ1) is 3.81. The van der Waals surface area contributed by atoms with Crippen LogP contribution in [0, 0.1) is 0 Å². The fraction of sp³-hybridized carbons (Fsp3) is 0.400. The van der Waals surface area contributed by atoms with Gasteiger partial charge in [-0.2, -0.15) is 0 Å². The van der Waals surface area contributed by atoms with Gasteiger partial charge in [0.25, 0.3) is 0 Å². The third-order valence-corrected chi connectivity index (χ3v) is 0.830. The molecule has 3 heteroatoms. The van der Waals surface area contributed by atoms with Crippen LogP contribution in [-0.4, -0.2) is 12.5 Å². The fourth-order valence-corrected chi connectivity index (χ4v) is 0.530. The third kappa shape index (κ3) is 3.87. The van der Waals surface area contributed by atoms with Gasteiger partial charge >= 0.3 is 0 Å². The molecule has 0 bridgehead atoms. The van der Waals surface area contributed by atoms with Crippen molar-refractivity contribution in [2.45, 2.75) is 6.92 Å². The molecule has 1 N–H and O–H groups in total. The number of nitrogens with one attached hydrogen (secondary N) is 1. The molecule has 0 rings (SSSR count). The zero-order chi connectivity index (χ0) is 6.41. The van der Waals surface area contributed by atoms with Crippen LogP contribution in [0.1, 0.15) is 6.92 Å². The molecule has 0 saturated heterocycles. The number of amides is 1. The van der Waals surface area contributed by atoms with Crippen LogP contribution < -0.4 is 5.32 Å². The number of rotatable bonds is 2. The van der Waals surface area contributed by atoms with Crippen LogP contribution in [0.2, 0.25) is 0 Å². The van der Waals surface area contributed by atoms with E-state index >= 15 is 0 Å². The summed E-state index contributed by atoms with van der Waals surface area (Å²) in [7, 11) is 0. The van der Waals surface area contributed by atoms with Crippen LogP contribution in [0.5, 0.6) is 0 Å². The fourth-order valence-electron chi connectivity index (χ4n) is 0.290. The minimum absolute atomic E-state index is 0.0654. The van der Waals surface area contributed by atoms with E-state index in [0.717, 1.165) is 0 Å². The summed E-state index contributed by atoms with van der Waals surface area (Å²) in [5, 5.41) is 2.59. The summed E-state index contributed by atoms with van der Waals surface area (Å²) in [6.45, 7) is 2.55.